The van der Waals surface area contributed by atoms with Crippen LogP contribution < -0.4 is 11.1 Å². The Kier molecular flexibility index (Phi) is 5.01. The van der Waals surface area contributed by atoms with Gasteiger partial charge in [0.15, 0.2) is 11.3 Å². The first-order valence-electron chi connectivity index (χ1n) is 10.7. The SMILES string of the molecule is Cc1cccc2cc(C(=O)Nc3ccc4oc(=O)n(CC(=O)N5CCCCC5)c4c3)nn12. The Morgan fingerprint density at radius 3 is 2.69 bits per heavy atom. The van der Waals surface area contributed by atoms with Gasteiger partial charge in [0.25, 0.3) is 5.91 Å². The highest BCUT2D eigenvalue weighted by molar-refractivity contribution is 6.04. The predicted molar refractivity (Wildman–Crippen MR) is 119 cm³/mol. The van der Waals surface area contributed by atoms with Crippen LogP contribution in [0.1, 0.15) is 35.4 Å². The second-order valence-corrected chi connectivity index (χ2v) is 8.07. The number of carbonyl (C=O) groups excluding carboxylic acids is 2. The molecule has 5 rings (SSSR count). The number of hydrogen-bond donors (Lipinski definition) is 1. The molecular weight excluding hydrogens is 410 g/mol. The number of hydrogen-bond acceptors (Lipinski definition) is 5. The van der Waals surface area contributed by atoms with Crippen LogP contribution in [0.15, 0.2) is 51.7 Å². The van der Waals surface area contributed by atoms with Crippen LogP contribution in [-0.4, -0.2) is 44.0 Å². The van der Waals surface area contributed by atoms with E-state index >= 15 is 0 Å². The number of carbonyl (C=O) groups is 2. The maximum atomic E-state index is 12.8. The highest BCUT2D eigenvalue weighted by atomic mass is 16.4. The van der Waals surface area contributed by atoms with Gasteiger partial charge in [-0.05, 0) is 62.6 Å². The van der Waals surface area contributed by atoms with Crippen molar-refractivity contribution in [1.82, 2.24) is 19.1 Å². The van der Waals surface area contributed by atoms with Gasteiger partial charge in [0.1, 0.15) is 6.54 Å². The minimum absolute atomic E-state index is 0.0883. The van der Waals surface area contributed by atoms with Crippen molar-refractivity contribution in [3.8, 4) is 0 Å². The summed E-state index contributed by atoms with van der Waals surface area (Å²) in [5, 5.41) is 7.18. The highest BCUT2D eigenvalue weighted by Crippen LogP contribution is 2.20. The molecule has 1 fully saturated rings. The van der Waals surface area contributed by atoms with Gasteiger partial charge < -0.3 is 14.6 Å². The van der Waals surface area contributed by atoms with Gasteiger partial charge in [-0.15, -0.1) is 0 Å². The molecule has 0 radical (unpaired) electrons. The summed E-state index contributed by atoms with van der Waals surface area (Å²) in [6.45, 7) is 3.25. The van der Waals surface area contributed by atoms with E-state index in [2.05, 4.69) is 10.4 Å². The average Bonchev–Trinajstić information content (AvgIpc) is 3.37. The van der Waals surface area contributed by atoms with Crippen molar-refractivity contribution < 1.29 is 14.0 Å². The van der Waals surface area contributed by atoms with E-state index in [4.69, 9.17) is 4.42 Å². The molecule has 164 valence electrons. The van der Waals surface area contributed by atoms with Gasteiger partial charge in [-0.2, -0.15) is 5.10 Å². The van der Waals surface area contributed by atoms with Crippen LogP contribution >= 0.6 is 0 Å². The van der Waals surface area contributed by atoms with Gasteiger partial charge >= 0.3 is 5.76 Å². The molecule has 1 aliphatic heterocycles. The summed E-state index contributed by atoms with van der Waals surface area (Å²) in [6, 6.07) is 12.3. The Balaban J connectivity index is 1.40. The lowest BCUT2D eigenvalue weighted by molar-refractivity contribution is -0.132. The number of nitrogens with one attached hydrogen (secondary N) is 1. The number of amides is 2. The molecule has 1 aromatic carbocycles. The monoisotopic (exact) mass is 433 g/mol. The smallest absolute Gasteiger partial charge is 0.408 e. The fraction of sp³-hybridized carbons (Fsp3) is 0.304. The van der Waals surface area contributed by atoms with E-state index in [0.717, 1.165) is 30.5 Å². The summed E-state index contributed by atoms with van der Waals surface area (Å²) in [6.07, 6.45) is 3.07. The average molecular weight is 433 g/mol. The summed E-state index contributed by atoms with van der Waals surface area (Å²) in [5.74, 6) is -1.07. The van der Waals surface area contributed by atoms with E-state index in [9.17, 15) is 14.4 Å². The van der Waals surface area contributed by atoms with Gasteiger partial charge in [0.2, 0.25) is 5.91 Å². The molecular formula is C23H23N5O4. The minimum Gasteiger partial charge on any atom is -0.408 e. The number of oxazole rings is 1. The van der Waals surface area contributed by atoms with Crippen molar-refractivity contribution in [2.75, 3.05) is 18.4 Å². The number of aromatic nitrogens is 3. The number of piperidine rings is 1. The third-order valence-electron chi connectivity index (χ3n) is 5.84. The van der Waals surface area contributed by atoms with Crippen molar-refractivity contribution in [3.05, 3.63) is 64.4 Å². The van der Waals surface area contributed by atoms with E-state index in [1.165, 1.54) is 4.57 Å². The number of anilines is 1. The Morgan fingerprint density at radius 1 is 1.09 bits per heavy atom. The second kappa shape index (κ2) is 7.99. The zero-order chi connectivity index (χ0) is 22.2. The molecule has 1 saturated heterocycles. The standard InChI is InChI=1S/C23H23N5O4/c1-15-6-5-7-17-13-18(25-28(15)17)22(30)24-16-8-9-20-19(12-16)27(23(31)32-20)14-21(29)26-10-3-2-4-11-26/h5-9,12-13H,2-4,10-11,14H2,1H3,(H,24,30). The Labute approximate surface area is 183 Å². The topological polar surface area (TPSA) is 102 Å². The van der Waals surface area contributed by atoms with Crippen LogP contribution in [0.2, 0.25) is 0 Å². The third kappa shape index (κ3) is 3.66. The molecule has 0 spiro atoms. The molecule has 4 heterocycles. The molecule has 4 aromatic rings. The fourth-order valence-electron chi connectivity index (χ4n) is 4.13. The van der Waals surface area contributed by atoms with E-state index in [1.807, 2.05) is 25.1 Å². The number of pyridine rings is 1. The number of nitrogens with zero attached hydrogens (tertiary/aromatic N) is 4. The van der Waals surface area contributed by atoms with Gasteiger partial charge in [0.05, 0.1) is 11.0 Å². The lowest BCUT2D eigenvalue weighted by Gasteiger charge is -2.26. The van der Waals surface area contributed by atoms with Crippen molar-refractivity contribution in [2.24, 2.45) is 0 Å². The fourth-order valence-corrected chi connectivity index (χ4v) is 4.13. The molecule has 32 heavy (non-hydrogen) atoms. The van der Waals surface area contributed by atoms with Crippen LogP contribution in [0.3, 0.4) is 0 Å². The molecule has 0 atom stereocenters. The number of aryl methyl sites for hydroxylation is 1. The molecule has 9 heteroatoms. The van der Waals surface area contributed by atoms with Gasteiger partial charge in [0, 0.05) is 24.5 Å². The first kappa shape index (κ1) is 20.0. The van der Waals surface area contributed by atoms with Crippen molar-refractivity contribution in [1.29, 1.82) is 0 Å². The van der Waals surface area contributed by atoms with Crippen molar-refractivity contribution in [3.63, 3.8) is 0 Å². The largest absolute Gasteiger partial charge is 0.420 e. The predicted octanol–water partition coefficient (Wildman–Crippen LogP) is 2.82. The first-order valence-corrected chi connectivity index (χ1v) is 10.7. The molecule has 2 amide bonds. The summed E-state index contributed by atoms with van der Waals surface area (Å²) in [5.41, 5.74) is 3.33. The highest BCUT2D eigenvalue weighted by Gasteiger charge is 2.20. The molecule has 0 unspecified atom stereocenters. The molecule has 0 bridgehead atoms. The lowest BCUT2D eigenvalue weighted by Crippen LogP contribution is -2.39. The maximum Gasteiger partial charge on any atom is 0.420 e. The summed E-state index contributed by atoms with van der Waals surface area (Å²) in [4.78, 5) is 39.6. The number of rotatable bonds is 4. The molecule has 1 N–H and O–H groups in total. The third-order valence-corrected chi connectivity index (χ3v) is 5.84. The minimum atomic E-state index is -0.593. The molecule has 3 aromatic heterocycles. The zero-order valence-corrected chi connectivity index (χ0v) is 17.7. The van der Waals surface area contributed by atoms with Crippen molar-refractivity contribution >= 4 is 34.1 Å². The molecule has 9 nitrogen and oxygen atoms in total. The van der Waals surface area contributed by atoms with E-state index in [1.54, 1.807) is 33.7 Å². The van der Waals surface area contributed by atoms with Crippen LogP contribution in [-0.2, 0) is 11.3 Å². The summed E-state index contributed by atoms with van der Waals surface area (Å²) < 4.78 is 8.32. The molecule has 0 saturated carbocycles. The number of fused-ring (bicyclic) bond motifs is 2. The second-order valence-electron chi connectivity index (χ2n) is 8.07. The van der Waals surface area contributed by atoms with Crippen LogP contribution in [0.25, 0.3) is 16.6 Å². The number of benzene rings is 1. The van der Waals surface area contributed by atoms with Crippen LogP contribution in [0.5, 0.6) is 0 Å². The van der Waals surface area contributed by atoms with Crippen molar-refractivity contribution in [2.45, 2.75) is 32.7 Å². The molecule has 1 aliphatic rings. The summed E-state index contributed by atoms with van der Waals surface area (Å²) in [7, 11) is 0. The van der Waals surface area contributed by atoms with E-state index in [0.29, 0.717) is 29.9 Å². The van der Waals surface area contributed by atoms with Gasteiger partial charge in [-0.1, -0.05) is 6.07 Å². The zero-order valence-electron chi connectivity index (χ0n) is 17.7. The van der Waals surface area contributed by atoms with E-state index in [-0.39, 0.29) is 24.1 Å². The Hall–Kier alpha value is -3.88. The van der Waals surface area contributed by atoms with Gasteiger partial charge in [-0.25, -0.2) is 9.31 Å². The molecule has 0 aliphatic carbocycles. The lowest BCUT2D eigenvalue weighted by atomic mass is 10.1. The van der Waals surface area contributed by atoms with Crippen LogP contribution in [0.4, 0.5) is 5.69 Å². The number of likely N-dealkylation sites (tertiary alicyclic amines) is 1. The maximum absolute atomic E-state index is 12.8. The quantitative estimate of drug-likeness (QED) is 0.533. The normalized spacial score (nSPS) is 14.2. The van der Waals surface area contributed by atoms with Crippen LogP contribution in [0, 0.1) is 6.92 Å². The summed E-state index contributed by atoms with van der Waals surface area (Å²) >= 11 is 0. The first-order chi connectivity index (χ1) is 15.5. The Bertz CT molecular complexity index is 1390. The van der Waals surface area contributed by atoms with Gasteiger partial charge in [-0.3, -0.25) is 14.2 Å². The Morgan fingerprint density at radius 2 is 1.91 bits per heavy atom. The van der Waals surface area contributed by atoms with E-state index < -0.39 is 5.76 Å².